The highest BCUT2D eigenvalue weighted by Crippen LogP contribution is 2.22. The first-order valence-electron chi connectivity index (χ1n) is 7.88. The van der Waals surface area contributed by atoms with Gasteiger partial charge in [0.25, 0.3) is 0 Å². The monoisotopic (exact) mass is 395 g/mol. The Hall–Kier alpha value is -2.38. The molecule has 0 heterocycles. The standard InChI is InChI=1S/C18H18ClNO5S/c1-2-25-18(22)13-7-9-14(10-8-13)20-17(21)11-12-26(23,24)16-6-4-3-5-15(16)19/h3-10H,2,11-12H2,1H3,(H,20,21). The number of nitrogens with one attached hydrogen (secondary N) is 1. The highest BCUT2D eigenvalue weighted by molar-refractivity contribution is 7.91. The van der Waals surface area contributed by atoms with Gasteiger partial charge in [0.15, 0.2) is 9.84 Å². The molecule has 1 N–H and O–H groups in total. The smallest absolute Gasteiger partial charge is 0.338 e. The molecule has 2 rings (SSSR count). The van der Waals surface area contributed by atoms with Crippen LogP contribution in [0.1, 0.15) is 23.7 Å². The lowest BCUT2D eigenvalue weighted by Gasteiger charge is -2.08. The highest BCUT2D eigenvalue weighted by atomic mass is 35.5. The van der Waals surface area contributed by atoms with Gasteiger partial charge in [-0.25, -0.2) is 13.2 Å². The molecule has 0 aliphatic heterocycles. The summed E-state index contributed by atoms with van der Waals surface area (Å²) >= 11 is 5.90. The molecule has 0 spiro atoms. The lowest BCUT2D eigenvalue weighted by Crippen LogP contribution is -2.17. The SMILES string of the molecule is CCOC(=O)c1ccc(NC(=O)CCS(=O)(=O)c2ccccc2Cl)cc1. The number of esters is 1. The Labute approximate surface area is 157 Å². The van der Waals surface area contributed by atoms with E-state index in [-0.39, 0.29) is 28.7 Å². The van der Waals surface area contributed by atoms with Crippen molar-refractivity contribution < 1.29 is 22.7 Å². The molecule has 0 unspecified atom stereocenters. The van der Waals surface area contributed by atoms with Crippen LogP contribution in [-0.4, -0.2) is 32.7 Å². The fraction of sp³-hybridized carbons (Fsp3) is 0.222. The number of amides is 1. The van der Waals surface area contributed by atoms with E-state index in [9.17, 15) is 18.0 Å². The molecular weight excluding hydrogens is 378 g/mol. The van der Waals surface area contributed by atoms with Crippen molar-refractivity contribution in [1.82, 2.24) is 0 Å². The van der Waals surface area contributed by atoms with Gasteiger partial charge in [0.1, 0.15) is 0 Å². The number of carbonyl (C=O) groups is 2. The van der Waals surface area contributed by atoms with E-state index in [1.165, 1.54) is 24.3 Å². The summed E-state index contributed by atoms with van der Waals surface area (Å²) in [6.07, 6.45) is -0.215. The van der Waals surface area contributed by atoms with Crippen molar-refractivity contribution in [2.75, 3.05) is 17.7 Å². The minimum absolute atomic E-state index is 0.00764. The van der Waals surface area contributed by atoms with Gasteiger partial charge in [-0.05, 0) is 43.3 Å². The molecule has 0 aromatic heterocycles. The molecule has 0 bridgehead atoms. The van der Waals surface area contributed by atoms with Crippen LogP contribution in [0.25, 0.3) is 0 Å². The van der Waals surface area contributed by atoms with Crippen LogP contribution in [0.4, 0.5) is 5.69 Å². The van der Waals surface area contributed by atoms with Crippen molar-refractivity contribution in [3.63, 3.8) is 0 Å². The zero-order valence-corrected chi connectivity index (χ0v) is 15.6. The van der Waals surface area contributed by atoms with Crippen molar-refractivity contribution in [1.29, 1.82) is 0 Å². The lowest BCUT2D eigenvalue weighted by atomic mass is 10.2. The summed E-state index contributed by atoms with van der Waals surface area (Å²) < 4.78 is 29.4. The molecule has 1 amide bonds. The molecule has 8 heteroatoms. The van der Waals surface area contributed by atoms with Gasteiger partial charge >= 0.3 is 5.97 Å². The molecule has 2 aromatic carbocycles. The van der Waals surface area contributed by atoms with Gasteiger partial charge in [0, 0.05) is 12.1 Å². The summed E-state index contributed by atoms with van der Waals surface area (Å²) in [6, 6.07) is 12.2. The Morgan fingerprint density at radius 2 is 1.73 bits per heavy atom. The molecule has 2 aromatic rings. The van der Waals surface area contributed by atoms with E-state index in [4.69, 9.17) is 16.3 Å². The van der Waals surface area contributed by atoms with Crippen LogP contribution in [-0.2, 0) is 19.4 Å². The van der Waals surface area contributed by atoms with Crippen LogP contribution in [0.5, 0.6) is 0 Å². The second-order valence-electron chi connectivity index (χ2n) is 5.35. The largest absolute Gasteiger partial charge is 0.462 e. The van der Waals surface area contributed by atoms with Gasteiger partial charge in [-0.3, -0.25) is 4.79 Å². The fourth-order valence-corrected chi connectivity index (χ4v) is 3.98. The van der Waals surface area contributed by atoms with Gasteiger partial charge in [-0.2, -0.15) is 0 Å². The van der Waals surface area contributed by atoms with Crippen LogP contribution in [0.2, 0.25) is 5.02 Å². The van der Waals surface area contributed by atoms with Crippen LogP contribution in [0.3, 0.4) is 0 Å². The minimum Gasteiger partial charge on any atom is -0.462 e. The van der Waals surface area contributed by atoms with E-state index in [0.717, 1.165) is 0 Å². The molecule has 0 saturated heterocycles. The Balaban J connectivity index is 1.95. The second kappa shape index (κ2) is 8.82. The number of hydrogen-bond acceptors (Lipinski definition) is 5. The Morgan fingerprint density at radius 3 is 2.35 bits per heavy atom. The second-order valence-corrected chi connectivity index (χ2v) is 7.83. The molecule has 0 saturated carbocycles. The molecule has 0 aliphatic rings. The summed E-state index contributed by atoms with van der Waals surface area (Å²) in [7, 11) is -3.66. The third-order valence-electron chi connectivity index (χ3n) is 3.45. The van der Waals surface area contributed by atoms with Gasteiger partial charge in [0.05, 0.1) is 27.8 Å². The van der Waals surface area contributed by atoms with Crippen LogP contribution in [0, 0.1) is 0 Å². The van der Waals surface area contributed by atoms with E-state index in [2.05, 4.69) is 5.32 Å². The van der Waals surface area contributed by atoms with Crippen LogP contribution in [0.15, 0.2) is 53.4 Å². The maximum atomic E-state index is 12.3. The number of anilines is 1. The zero-order valence-electron chi connectivity index (χ0n) is 14.1. The van der Waals surface area contributed by atoms with E-state index in [0.29, 0.717) is 11.3 Å². The first-order valence-corrected chi connectivity index (χ1v) is 9.91. The number of sulfone groups is 1. The van der Waals surface area contributed by atoms with E-state index < -0.39 is 21.7 Å². The summed E-state index contributed by atoms with van der Waals surface area (Å²) in [6.45, 7) is 1.99. The van der Waals surface area contributed by atoms with Gasteiger partial charge in [0.2, 0.25) is 5.91 Å². The van der Waals surface area contributed by atoms with E-state index >= 15 is 0 Å². The highest BCUT2D eigenvalue weighted by Gasteiger charge is 2.19. The van der Waals surface area contributed by atoms with Crippen molar-refractivity contribution in [3.05, 3.63) is 59.1 Å². The number of benzene rings is 2. The number of carbonyl (C=O) groups excluding carboxylic acids is 2. The third-order valence-corrected chi connectivity index (χ3v) is 5.66. The van der Waals surface area contributed by atoms with Crippen molar-refractivity contribution in [2.24, 2.45) is 0 Å². The summed E-state index contributed by atoms with van der Waals surface area (Å²) in [5.74, 6) is -1.26. The van der Waals surface area contributed by atoms with Gasteiger partial charge < -0.3 is 10.1 Å². The topological polar surface area (TPSA) is 89.5 Å². The maximum Gasteiger partial charge on any atom is 0.338 e. The molecule has 26 heavy (non-hydrogen) atoms. The number of halogens is 1. The summed E-state index contributed by atoms with van der Waals surface area (Å²) in [5, 5.41) is 2.72. The Bertz CT molecular complexity index is 894. The molecule has 138 valence electrons. The van der Waals surface area contributed by atoms with Crippen molar-refractivity contribution in [3.8, 4) is 0 Å². The van der Waals surface area contributed by atoms with Crippen LogP contribution < -0.4 is 5.32 Å². The molecule has 0 aliphatic carbocycles. The molecule has 6 nitrogen and oxygen atoms in total. The number of hydrogen-bond donors (Lipinski definition) is 1. The molecule has 0 atom stereocenters. The van der Waals surface area contributed by atoms with Crippen molar-refractivity contribution >= 4 is 39.0 Å². The van der Waals surface area contributed by atoms with Crippen molar-refractivity contribution in [2.45, 2.75) is 18.2 Å². The van der Waals surface area contributed by atoms with Gasteiger partial charge in [-0.15, -0.1) is 0 Å². The molecule has 0 radical (unpaired) electrons. The van der Waals surface area contributed by atoms with Gasteiger partial charge in [-0.1, -0.05) is 23.7 Å². The predicted octanol–water partition coefficient (Wildman–Crippen LogP) is 3.32. The Morgan fingerprint density at radius 1 is 1.08 bits per heavy atom. The van der Waals surface area contributed by atoms with E-state index in [1.807, 2.05) is 0 Å². The third kappa shape index (κ3) is 5.31. The Kier molecular flexibility index (Phi) is 6.76. The normalized spacial score (nSPS) is 11.0. The number of ether oxygens (including phenoxy) is 1. The number of rotatable bonds is 7. The molecular formula is C18H18ClNO5S. The maximum absolute atomic E-state index is 12.3. The predicted molar refractivity (Wildman–Crippen MR) is 99.2 cm³/mol. The van der Waals surface area contributed by atoms with E-state index in [1.54, 1.807) is 31.2 Å². The molecule has 0 fully saturated rings. The quantitative estimate of drug-likeness (QED) is 0.726. The first kappa shape index (κ1) is 19.9. The minimum atomic E-state index is -3.66. The zero-order chi connectivity index (χ0) is 19.2. The average Bonchev–Trinajstić information content (AvgIpc) is 2.61. The van der Waals surface area contributed by atoms with Crippen LogP contribution >= 0.6 is 11.6 Å². The summed E-state index contributed by atoms with van der Waals surface area (Å²) in [5.41, 5.74) is 0.823. The average molecular weight is 396 g/mol. The first-order chi connectivity index (χ1) is 12.3. The lowest BCUT2D eigenvalue weighted by molar-refractivity contribution is -0.115. The fourth-order valence-electron chi connectivity index (χ4n) is 2.16. The summed E-state index contributed by atoms with van der Waals surface area (Å²) in [4.78, 5) is 23.6.